The third kappa shape index (κ3) is 6.48. The van der Waals surface area contributed by atoms with Crippen LogP contribution in [0.5, 0.6) is 5.88 Å². The standard InChI is InChI=1S/C25H38FN3OS/c1-7-9-18-12-19(25(4,5)6)15-29(14-18)16-20-13-28-24(31-20)21-10-8-11-27-23(21)30-22(26)17(2)3/h8,10-11,13,17-19,22H,7,9,12,14-16H2,1-6H3. The maximum Gasteiger partial charge on any atom is 0.242 e. The number of thiazole rings is 1. The first kappa shape index (κ1) is 24.1. The fraction of sp³-hybridized carbons (Fsp3) is 0.680. The van der Waals surface area contributed by atoms with Crippen molar-refractivity contribution >= 4 is 11.3 Å². The second-order valence-electron chi connectivity index (χ2n) is 10.3. The third-order valence-corrected chi connectivity index (χ3v) is 7.23. The first-order valence-corrected chi connectivity index (χ1v) is 12.4. The van der Waals surface area contributed by atoms with Crippen molar-refractivity contribution < 1.29 is 9.13 Å². The Morgan fingerprint density at radius 2 is 2.03 bits per heavy atom. The van der Waals surface area contributed by atoms with Crippen molar-refractivity contribution in [1.29, 1.82) is 0 Å². The molecule has 0 radical (unpaired) electrons. The molecule has 1 aliphatic rings. The van der Waals surface area contributed by atoms with E-state index in [9.17, 15) is 4.39 Å². The molecular weight excluding hydrogens is 409 g/mol. The van der Waals surface area contributed by atoms with E-state index < -0.39 is 6.36 Å². The largest absolute Gasteiger partial charge is 0.442 e. The monoisotopic (exact) mass is 447 g/mol. The van der Waals surface area contributed by atoms with Crippen LogP contribution in [0.2, 0.25) is 0 Å². The Kier molecular flexibility index (Phi) is 8.08. The predicted molar refractivity (Wildman–Crippen MR) is 127 cm³/mol. The molecule has 2 aromatic rings. The number of pyridine rings is 1. The molecule has 0 N–H and O–H groups in total. The van der Waals surface area contributed by atoms with Crippen molar-refractivity contribution in [3.63, 3.8) is 0 Å². The molecule has 0 bridgehead atoms. The van der Waals surface area contributed by atoms with E-state index in [0.717, 1.165) is 36.1 Å². The highest BCUT2D eigenvalue weighted by molar-refractivity contribution is 7.15. The average molecular weight is 448 g/mol. The van der Waals surface area contributed by atoms with Gasteiger partial charge in [0, 0.05) is 42.8 Å². The van der Waals surface area contributed by atoms with E-state index in [1.165, 1.54) is 24.1 Å². The minimum Gasteiger partial charge on any atom is -0.442 e. The van der Waals surface area contributed by atoms with Gasteiger partial charge < -0.3 is 4.74 Å². The number of halogens is 1. The predicted octanol–water partition coefficient (Wildman–Crippen LogP) is 6.82. The van der Waals surface area contributed by atoms with Crippen LogP contribution in [0.25, 0.3) is 10.6 Å². The molecule has 0 amide bonds. The number of hydrogen-bond acceptors (Lipinski definition) is 5. The van der Waals surface area contributed by atoms with Crippen molar-refractivity contribution in [1.82, 2.24) is 14.9 Å². The molecule has 3 heterocycles. The summed E-state index contributed by atoms with van der Waals surface area (Å²) in [6.45, 7) is 16.2. The number of hydrogen-bond donors (Lipinski definition) is 0. The van der Waals surface area contributed by atoms with Crippen LogP contribution in [-0.2, 0) is 6.54 Å². The second kappa shape index (κ2) is 10.4. The van der Waals surface area contributed by atoms with Crippen molar-refractivity contribution in [3.05, 3.63) is 29.4 Å². The molecule has 4 nitrogen and oxygen atoms in total. The summed E-state index contributed by atoms with van der Waals surface area (Å²) in [5.41, 5.74) is 1.09. The number of likely N-dealkylation sites (tertiary alicyclic amines) is 1. The number of rotatable bonds is 8. The van der Waals surface area contributed by atoms with Gasteiger partial charge in [0.1, 0.15) is 5.01 Å². The number of ether oxygens (including phenoxy) is 1. The summed E-state index contributed by atoms with van der Waals surface area (Å²) in [5, 5.41) is 0.837. The lowest BCUT2D eigenvalue weighted by Gasteiger charge is -2.43. The second-order valence-corrected chi connectivity index (χ2v) is 11.5. The number of alkyl halides is 1. The fourth-order valence-electron chi connectivity index (χ4n) is 4.29. The topological polar surface area (TPSA) is 38.2 Å². The zero-order chi connectivity index (χ0) is 22.6. The van der Waals surface area contributed by atoms with Gasteiger partial charge in [-0.05, 0) is 42.2 Å². The Morgan fingerprint density at radius 1 is 1.26 bits per heavy atom. The van der Waals surface area contributed by atoms with E-state index >= 15 is 0 Å². The van der Waals surface area contributed by atoms with Gasteiger partial charge in [0.2, 0.25) is 12.2 Å². The lowest BCUT2D eigenvalue weighted by Crippen LogP contribution is -2.44. The third-order valence-electron chi connectivity index (χ3n) is 6.22. The van der Waals surface area contributed by atoms with Crippen molar-refractivity contribution in [2.45, 2.75) is 73.7 Å². The Labute approximate surface area is 191 Å². The van der Waals surface area contributed by atoms with Crippen molar-refractivity contribution in [3.8, 4) is 16.5 Å². The Morgan fingerprint density at radius 3 is 2.71 bits per heavy atom. The smallest absolute Gasteiger partial charge is 0.242 e. The van der Waals surface area contributed by atoms with E-state index in [1.54, 1.807) is 31.4 Å². The molecule has 3 unspecified atom stereocenters. The molecule has 0 aromatic carbocycles. The van der Waals surface area contributed by atoms with Crippen LogP contribution in [0.15, 0.2) is 24.5 Å². The van der Waals surface area contributed by atoms with Crippen molar-refractivity contribution in [2.24, 2.45) is 23.2 Å². The van der Waals surface area contributed by atoms with Crippen LogP contribution in [0.4, 0.5) is 4.39 Å². The maximum absolute atomic E-state index is 14.2. The van der Waals surface area contributed by atoms with E-state index in [0.29, 0.717) is 17.2 Å². The molecular formula is C25H38FN3OS. The normalized spacial score (nSPS) is 21.4. The SMILES string of the molecule is CCCC1CC(C(C)(C)C)CN(Cc2cnc(-c3cccnc3OC(F)C(C)C)s2)C1. The summed E-state index contributed by atoms with van der Waals surface area (Å²) in [6.07, 6.45) is 6.09. The van der Waals surface area contributed by atoms with Crippen LogP contribution in [0.3, 0.4) is 0 Å². The molecule has 1 aliphatic heterocycles. The average Bonchev–Trinajstić information content (AvgIpc) is 3.16. The summed E-state index contributed by atoms with van der Waals surface area (Å²) in [7, 11) is 0. The molecule has 172 valence electrons. The molecule has 1 saturated heterocycles. The van der Waals surface area contributed by atoms with Gasteiger partial charge in [-0.2, -0.15) is 0 Å². The summed E-state index contributed by atoms with van der Waals surface area (Å²) in [6, 6.07) is 3.76. The highest BCUT2D eigenvalue weighted by Gasteiger charge is 2.34. The number of aromatic nitrogens is 2. The minimum absolute atomic E-state index is 0.229. The highest BCUT2D eigenvalue weighted by Crippen LogP contribution is 2.38. The molecule has 0 aliphatic carbocycles. The molecule has 1 fully saturated rings. The summed E-state index contributed by atoms with van der Waals surface area (Å²) in [4.78, 5) is 12.7. The molecule has 3 atom stereocenters. The highest BCUT2D eigenvalue weighted by atomic mass is 32.1. The molecule has 0 spiro atoms. The van der Waals surface area contributed by atoms with E-state index in [-0.39, 0.29) is 5.92 Å². The van der Waals surface area contributed by atoms with Gasteiger partial charge >= 0.3 is 0 Å². The van der Waals surface area contributed by atoms with Crippen LogP contribution in [0, 0.1) is 23.2 Å². The first-order valence-electron chi connectivity index (χ1n) is 11.6. The molecule has 0 saturated carbocycles. The Hall–Kier alpha value is -1.53. The Balaban J connectivity index is 1.74. The molecule has 3 rings (SSSR count). The van der Waals surface area contributed by atoms with E-state index in [4.69, 9.17) is 4.74 Å². The number of piperidine rings is 1. The van der Waals surface area contributed by atoms with Gasteiger partial charge in [-0.15, -0.1) is 11.3 Å². The summed E-state index contributed by atoms with van der Waals surface area (Å²) < 4.78 is 19.7. The first-order chi connectivity index (χ1) is 14.7. The van der Waals surface area contributed by atoms with Crippen LogP contribution < -0.4 is 4.74 Å². The van der Waals surface area contributed by atoms with Gasteiger partial charge in [-0.1, -0.05) is 48.0 Å². The fourth-order valence-corrected chi connectivity index (χ4v) is 5.26. The van der Waals surface area contributed by atoms with Gasteiger partial charge in [0.05, 0.1) is 5.56 Å². The zero-order valence-corrected chi connectivity index (χ0v) is 20.7. The number of nitrogens with zero attached hydrogens (tertiary/aromatic N) is 3. The van der Waals surface area contributed by atoms with Gasteiger partial charge in [0.15, 0.2) is 0 Å². The maximum atomic E-state index is 14.2. The zero-order valence-electron chi connectivity index (χ0n) is 19.9. The molecule has 6 heteroatoms. The van der Waals surface area contributed by atoms with Gasteiger partial charge in [0.25, 0.3) is 0 Å². The van der Waals surface area contributed by atoms with Crippen LogP contribution in [0.1, 0.15) is 65.7 Å². The lowest BCUT2D eigenvalue weighted by molar-refractivity contribution is 0.0224. The quantitative estimate of drug-likeness (QED) is 0.445. The van der Waals surface area contributed by atoms with E-state index in [1.807, 2.05) is 18.3 Å². The lowest BCUT2D eigenvalue weighted by atomic mass is 9.72. The minimum atomic E-state index is -1.38. The van der Waals surface area contributed by atoms with Gasteiger partial charge in [-0.3, -0.25) is 4.90 Å². The van der Waals surface area contributed by atoms with Crippen LogP contribution in [-0.4, -0.2) is 34.3 Å². The summed E-state index contributed by atoms with van der Waals surface area (Å²) >= 11 is 1.66. The summed E-state index contributed by atoms with van der Waals surface area (Å²) in [5.74, 6) is 1.57. The molecule has 2 aromatic heterocycles. The van der Waals surface area contributed by atoms with E-state index in [2.05, 4.69) is 42.6 Å². The Bertz CT molecular complexity index is 832. The van der Waals surface area contributed by atoms with Gasteiger partial charge in [-0.25, -0.2) is 14.4 Å². The van der Waals surface area contributed by atoms with Crippen LogP contribution >= 0.6 is 11.3 Å². The molecule has 31 heavy (non-hydrogen) atoms. The van der Waals surface area contributed by atoms with Crippen molar-refractivity contribution in [2.75, 3.05) is 13.1 Å².